The fourth-order valence-electron chi connectivity index (χ4n) is 5.73. The standard InChI is InChI=1S/C31H32N6O2/c38-29(32-31-33-35-36-34-31)25-13-11-21(12-14-25)20-37(30(39)28-19-27(28)24-9-5-2-6-10-24)26-17-15-23(16-18-26)22-7-3-1-4-8-22/h2,5-6,9-18,22,27-28H,1,3-4,7-8,19-20H2,(H2,32,33,34,35,36,38)/t27-,28+/m0/s1. The lowest BCUT2D eigenvalue weighted by molar-refractivity contribution is -0.120. The Balaban J connectivity index is 1.21. The Morgan fingerprint density at radius 3 is 2.31 bits per heavy atom. The van der Waals surface area contributed by atoms with E-state index >= 15 is 0 Å². The fourth-order valence-corrected chi connectivity index (χ4v) is 5.73. The molecule has 8 heteroatoms. The highest BCUT2D eigenvalue weighted by molar-refractivity contribution is 6.03. The molecule has 0 saturated heterocycles. The topological polar surface area (TPSA) is 104 Å². The van der Waals surface area contributed by atoms with Crippen molar-refractivity contribution < 1.29 is 9.59 Å². The molecule has 2 aliphatic carbocycles. The molecule has 198 valence electrons. The second-order valence-electron chi connectivity index (χ2n) is 10.6. The number of hydrogen-bond donors (Lipinski definition) is 2. The highest BCUT2D eigenvalue weighted by atomic mass is 16.2. The zero-order valence-electron chi connectivity index (χ0n) is 21.8. The quantitative estimate of drug-likeness (QED) is 0.304. The summed E-state index contributed by atoms with van der Waals surface area (Å²) < 4.78 is 0. The summed E-state index contributed by atoms with van der Waals surface area (Å²) in [6.07, 6.45) is 7.28. The number of tetrazole rings is 1. The number of aromatic amines is 1. The van der Waals surface area contributed by atoms with Crippen LogP contribution in [0.25, 0.3) is 0 Å². The van der Waals surface area contributed by atoms with E-state index in [2.05, 4.69) is 62.3 Å². The Bertz CT molecular complexity index is 1400. The van der Waals surface area contributed by atoms with Crippen LogP contribution in [0.3, 0.4) is 0 Å². The third-order valence-corrected chi connectivity index (χ3v) is 8.01. The van der Waals surface area contributed by atoms with Gasteiger partial charge >= 0.3 is 0 Å². The molecular weight excluding hydrogens is 488 g/mol. The first-order valence-corrected chi connectivity index (χ1v) is 13.8. The van der Waals surface area contributed by atoms with Crippen LogP contribution in [0.5, 0.6) is 0 Å². The fraction of sp³-hybridized carbons (Fsp3) is 0.323. The van der Waals surface area contributed by atoms with E-state index < -0.39 is 0 Å². The van der Waals surface area contributed by atoms with Crippen LogP contribution in [0.1, 0.15) is 77.4 Å². The van der Waals surface area contributed by atoms with E-state index in [4.69, 9.17) is 0 Å². The molecule has 4 aromatic rings. The summed E-state index contributed by atoms with van der Waals surface area (Å²) in [4.78, 5) is 28.3. The van der Waals surface area contributed by atoms with Crippen molar-refractivity contribution in [3.05, 3.63) is 101 Å². The number of carbonyl (C=O) groups excluding carboxylic acids is 2. The SMILES string of the molecule is O=C(Nc1nn[nH]n1)c1ccc(CN(C(=O)[C@@H]2C[C@H]2c2ccccc2)c2ccc(C3CCCCC3)cc2)cc1. The van der Waals surface area contributed by atoms with Gasteiger partial charge in [-0.15, -0.1) is 5.10 Å². The molecule has 2 atom stereocenters. The van der Waals surface area contributed by atoms with Gasteiger partial charge in [-0.2, -0.15) is 5.21 Å². The normalized spacial score (nSPS) is 18.9. The molecule has 39 heavy (non-hydrogen) atoms. The number of H-pyrrole nitrogens is 1. The average Bonchev–Trinajstić information content (AvgIpc) is 3.64. The van der Waals surface area contributed by atoms with Crippen molar-refractivity contribution in [2.24, 2.45) is 5.92 Å². The molecule has 3 aromatic carbocycles. The van der Waals surface area contributed by atoms with Gasteiger partial charge in [0.05, 0.1) is 6.54 Å². The van der Waals surface area contributed by atoms with Crippen LogP contribution >= 0.6 is 0 Å². The van der Waals surface area contributed by atoms with Crippen LogP contribution in [0.15, 0.2) is 78.9 Å². The number of anilines is 2. The van der Waals surface area contributed by atoms with E-state index in [1.165, 1.54) is 43.2 Å². The molecule has 2 aliphatic rings. The Morgan fingerprint density at radius 2 is 1.62 bits per heavy atom. The van der Waals surface area contributed by atoms with E-state index in [9.17, 15) is 9.59 Å². The third-order valence-electron chi connectivity index (χ3n) is 8.01. The van der Waals surface area contributed by atoms with Gasteiger partial charge in [0.1, 0.15) is 0 Å². The lowest BCUT2D eigenvalue weighted by Crippen LogP contribution is -2.32. The molecule has 8 nitrogen and oxygen atoms in total. The number of nitrogens with one attached hydrogen (secondary N) is 2. The third kappa shape index (κ3) is 5.74. The van der Waals surface area contributed by atoms with Crippen LogP contribution in [0.2, 0.25) is 0 Å². The number of amides is 2. The molecule has 0 unspecified atom stereocenters. The minimum absolute atomic E-state index is 0.0227. The second-order valence-corrected chi connectivity index (χ2v) is 10.6. The highest BCUT2D eigenvalue weighted by Crippen LogP contribution is 2.49. The van der Waals surface area contributed by atoms with Crippen LogP contribution in [0, 0.1) is 5.92 Å². The van der Waals surface area contributed by atoms with Crippen LogP contribution < -0.4 is 10.2 Å². The molecule has 2 N–H and O–H groups in total. The number of benzene rings is 3. The predicted molar refractivity (Wildman–Crippen MR) is 149 cm³/mol. The first-order chi connectivity index (χ1) is 19.2. The van der Waals surface area contributed by atoms with Crippen molar-refractivity contribution >= 4 is 23.5 Å². The van der Waals surface area contributed by atoms with Gasteiger partial charge < -0.3 is 4.90 Å². The Labute approximate surface area is 227 Å². The molecule has 0 spiro atoms. The zero-order valence-corrected chi connectivity index (χ0v) is 21.8. The molecule has 0 aliphatic heterocycles. The van der Waals surface area contributed by atoms with Gasteiger partial charge in [0.2, 0.25) is 5.91 Å². The summed E-state index contributed by atoms with van der Waals surface area (Å²) in [6, 6.07) is 26.2. The first-order valence-electron chi connectivity index (χ1n) is 13.8. The van der Waals surface area contributed by atoms with E-state index in [0.717, 1.165) is 17.7 Å². The summed E-state index contributed by atoms with van der Waals surface area (Å²) in [5, 5.41) is 15.9. The number of carbonyl (C=O) groups is 2. The summed E-state index contributed by atoms with van der Waals surface area (Å²) in [6.45, 7) is 0.437. The largest absolute Gasteiger partial charge is 0.308 e. The minimum Gasteiger partial charge on any atom is -0.308 e. The van der Waals surface area contributed by atoms with E-state index in [-0.39, 0.29) is 29.6 Å². The lowest BCUT2D eigenvalue weighted by atomic mass is 9.84. The minimum atomic E-state index is -0.321. The van der Waals surface area contributed by atoms with Gasteiger partial charge in [0.25, 0.3) is 11.9 Å². The number of hydrogen-bond acceptors (Lipinski definition) is 5. The average molecular weight is 521 g/mol. The second kappa shape index (κ2) is 11.2. The maximum Gasteiger partial charge on any atom is 0.270 e. The molecule has 0 bridgehead atoms. The number of aromatic nitrogens is 4. The molecule has 2 fully saturated rings. The molecule has 2 saturated carbocycles. The zero-order chi connectivity index (χ0) is 26.6. The monoisotopic (exact) mass is 520 g/mol. The molecule has 6 rings (SSSR count). The molecule has 2 amide bonds. The summed E-state index contributed by atoms with van der Waals surface area (Å²) >= 11 is 0. The van der Waals surface area contributed by atoms with Crippen LogP contribution in [-0.2, 0) is 11.3 Å². The molecular formula is C31H32N6O2. The van der Waals surface area contributed by atoms with Gasteiger partial charge in [-0.25, -0.2) is 0 Å². The van der Waals surface area contributed by atoms with E-state index in [1.807, 2.05) is 35.2 Å². The highest BCUT2D eigenvalue weighted by Gasteiger charge is 2.46. The lowest BCUT2D eigenvalue weighted by Gasteiger charge is -2.26. The molecule has 1 heterocycles. The Hall–Kier alpha value is -4.33. The number of nitrogens with zero attached hydrogens (tertiary/aromatic N) is 4. The maximum atomic E-state index is 13.9. The smallest absolute Gasteiger partial charge is 0.270 e. The van der Waals surface area contributed by atoms with E-state index in [1.54, 1.807) is 12.1 Å². The molecule has 0 radical (unpaired) electrons. The van der Waals surface area contributed by atoms with Gasteiger partial charge in [-0.05, 0) is 77.3 Å². The first kappa shape index (κ1) is 25.0. The van der Waals surface area contributed by atoms with Gasteiger partial charge in [0, 0.05) is 17.2 Å². The maximum absolute atomic E-state index is 13.9. The van der Waals surface area contributed by atoms with Gasteiger partial charge in [0.15, 0.2) is 0 Å². The van der Waals surface area contributed by atoms with Gasteiger partial charge in [-0.3, -0.25) is 14.9 Å². The van der Waals surface area contributed by atoms with Crippen LogP contribution in [-0.4, -0.2) is 32.4 Å². The van der Waals surface area contributed by atoms with E-state index in [0.29, 0.717) is 18.0 Å². The van der Waals surface area contributed by atoms with Crippen LogP contribution in [0.4, 0.5) is 11.6 Å². The van der Waals surface area contributed by atoms with Crippen molar-refractivity contribution in [1.82, 2.24) is 20.6 Å². The summed E-state index contributed by atoms with van der Waals surface area (Å²) in [7, 11) is 0. The Morgan fingerprint density at radius 1 is 0.872 bits per heavy atom. The Kier molecular flexibility index (Phi) is 7.17. The van der Waals surface area contributed by atoms with Gasteiger partial charge in [-0.1, -0.05) is 79.0 Å². The predicted octanol–water partition coefficient (Wildman–Crippen LogP) is 5.84. The summed E-state index contributed by atoms with van der Waals surface area (Å²) in [5.41, 5.74) is 4.94. The van der Waals surface area contributed by atoms with Crippen molar-refractivity contribution in [3.63, 3.8) is 0 Å². The number of rotatable bonds is 8. The van der Waals surface area contributed by atoms with Crippen molar-refractivity contribution in [2.75, 3.05) is 10.2 Å². The van der Waals surface area contributed by atoms with Crippen molar-refractivity contribution in [2.45, 2.75) is 56.9 Å². The molecule has 1 aromatic heterocycles. The summed E-state index contributed by atoms with van der Waals surface area (Å²) in [5.74, 6) is 0.805. The van der Waals surface area contributed by atoms with Crippen molar-refractivity contribution in [1.29, 1.82) is 0 Å². The van der Waals surface area contributed by atoms with Crippen molar-refractivity contribution in [3.8, 4) is 0 Å².